The molecule has 0 bridgehead atoms. The molecular weight excluding hydrogens is 408 g/mol. The number of rotatable bonds is 6. The Labute approximate surface area is 186 Å². The molecule has 1 fully saturated rings. The van der Waals surface area contributed by atoms with Crippen LogP contribution in [0.4, 0.5) is 5.69 Å². The number of nitrogens with one attached hydrogen (secondary N) is 1. The molecule has 1 aliphatic heterocycles. The second kappa shape index (κ2) is 9.39. The van der Waals surface area contributed by atoms with Gasteiger partial charge in [0.15, 0.2) is 5.16 Å². The molecule has 1 aromatic heterocycles. The number of thioether (sulfide) groups is 1. The van der Waals surface area contributed by atoms with E-state index < -0.39 is 0 Å². The smallest absolute Gasteiger partial charge is 0.254 e. The van der Waals surface area contributed by atoms with Crippen molar-refractivity contribution >= 4 is 29.3 Å². The van der Waals surface area contributed by atoms with Gasteiger partial charge in [-0.15, -0.1) is 0 Å². The van der Waals surface area contributed by atoms with Gasteiger partial charge in [-0.3, -0.25) is 14.2 Å². The molecule has 3 aromatic rings. The van der Waals surface area contributed by atoms with Gasteiger partial charge in [0.25, 0.3) is 5.91 Å². The van der Waals surface area contributed by atoms with Crippen LogP contribution >= 0.6 is 11.8 Å². The van der Waals surface area contributed by atoms with Gasteiger partial charge in [0.1, 0.15) is 0 Å². The SMILES string of the molecule is Cc1ccccc1-n1ccnc1SCC(=O)Nc1cccc(C(=O)N2CCCC2)c1C. The van der Waals surface area contributed by atoms with E-state index in [1.165, 1.54) is 11.8 Å². The summed E-state index contributed by atoms with van der Waals surface area (Å²) >= 11 is 1.39. The van der Waals surface area contributed by atoms with Gasteiger partial charge in [-0.1, -0.05) is 36.0 Å². The third-order valence-corrected chi connectivity index (χ3v) is 6.51. The molecule has 1 saturated heterocycles. The van der Waals surface area contributed by atoms with Crippen molar-refractivity contribution in [1.82, 2.24) is 14.5 Å². The topological polar surface area (TPSA) is 67.2 Å². The first-order valence-corrected chi connectivity index (χ1v) is 11.4. The normalized spacial score (nSPS) is 13.4. The van der Waals surface area contributed by atoms with E-state index in [1.54, 1.807) is 6.20 Å². The van der Waals surface area contributed by atoms with Crippen molar-refractivity contribution in [1.29, 1.82) is 0 Å². The van der Waals surface area contributed by atoms with Crippen LogP contribution in [-0.2, 0) is 4.79 Å². The minimum absolute atomic E-state index is 0.0423. The largest absolute Gasteiger partial charge is 0.339 e. The van der Waals surface area contributed by atoms with Crippen LogP contribution in [0, 0.1) is 13.8 Å². The third-order valence-electron chi connectivity index (χ3n) is 5.55. The first kappa shape index (κ1) is 21.2. The van der Waals surface area contributed by atoms with Crippen LogP contribution in [0.1, 0.15) is 34.3 Å². The first-order chi connectivity index (χ1) is 15.0. The molecule has 0 radical (unpaired) electrons. The number of carbonyl (C=O) groups excluding carboxylic acids is 2. The van der Waals surface area contributed by atoms with E-state index in [-0.39, 0.29) is 17.6 Å². The van der Waals surface area contributed by atoms with Crippen LogP contribution in [0.3, 0.4) is 0 Å². The Kier molecular flexibility index (Phi) is 6.42. The molecule has 4 rings (SSSR count). The molecule has 0 aliphatic carbocycles. The van der Waals surface area contributed by atoms with Crippen molar-refractivity contribution in [2.45, 2.75) is 31.8 Å². The maximum absolute atomic E-state index is 12.8. The molecule has 1 N–H and O–H groups in total. The molecule has 160 valence electrons. The molecule has 2 amide bonds. The van der Waals surface area contributed by atoms with E-state index in [4.69, 9.17) is 0 Å². The number of benzene rings is 2. The number of amides is 2. The van der Waals surface area contributed by atoms with Crippen LogP contribution in [0.5, 0.6) is 0 Å². The van der Waals surface area contributed by atoms with Gasteiger partial charge >= 0.3 is 0 Å². The predicted molar refractivity (Wildman–Crippen MR) is 124 cm³/mol. The third kappa shape index (κ3) is 4.66. The Morgan fingerprint density at radius 3 is 2.61 bits per heavy atom. The molecule has 1 aliphatic rings. The lowest BCUT2D eigenvalue weighted by molar-refractivity contribution is -0.113. The monoisotopic (exact) mass is 434 g/mol. The Morgan fingerprint density at radius 2 is 1.84 bits per heavy atom. The van der Waals surface area contributed by atoms with Crippen molar-refractivity contribution in [2.75, 3.05) is 24.2 Å². The standard InChI is InChI=1S/C24H26N4O2S/c1-17-8-3-4-11-21(17)28-15-12-25-24(28)31-16-22(29)26-20-10-7-9-19(18(20)2)23(30)27-13-5-6-14-27/h3-4,7-12,15H,5-6,13-14,16H2,1-2H3,(H,26,29). The minimum Gasteiger partial charge on any atom is -0.339 e. The highest BCUT2D eigenvalue weighted by Gasteiger charge is 2.22. The second-order valence-electron chi connectivity index (χ2n) is 7.68. The summed E-state index contributed by atoms with van der Waals surface area (Å²) in [7, 11) is 0. The maximum atomic E-state index is 12.8. The number of anilines is 1. The van der Waals surface area contributed by atoms with Gasteiger partial charge in [-0.2, -0.15) is 0 Å². The fourth-order valence-corrected chi connectivity index (χ4v) is 4.59. The van der Waals surface area contributed by atoms with Crippen molar-refractivity contribution in [2.24, 2.45) is 0 Å². The van der Waals surface area contributed by atoms with Gasteiger partial charge in [-0.25, -0.2) is 4.98 Å². The summed E-state index contributed by atoms with van der Waals surface area (Å²) in [5.41, 5.74) is 4.33. The van der Waals surface area contributed by atoms with E-state index in [0.717, 1.165) is 47.9 Å². The lowest BCUT2D eigenvalue weighted by Crippen LogP contribution is -2.28. The van der Waals surface area contributed by atoms with Crippen molar-refractivity contribution in [3.8, 4) is 5.69 Å². The quantitative estimate of drug-likeness (QED) is 0.582. The van der Waals surface area contributed by atoms with Gasteiger partial charge in [0, 0.05) is 36.7 Å². The summed E-state index contributed by atoms with van der Waals surface area (Å²) in [6.45, 7) is 5.55. The van der Waals surface area contributed by atoms with Gasteiger partial charge in [0.05, 0.1) is 11.4 Å². The second-order valence-corrected chi connectivity index (χ2v) is 8.62. The van der Waals surface area contributed by atoms with Crippen LogP contribution < -0.4 is 5.32 Å². The zero-order valence-electron chi connectivity index (χ0n) is 17.8. The highest BCUT2D eigenvalue weighted by molar-refractivity contribution is 7.99. The number of imidazole rings is 1. The zero-order chi connectivity index (χ0) is 21.8. The van der Waals surface area contributed by atoms with Crippen LogP contribution in [0.2, 0.25) is 0 Å². The molecule has 7 heteroatoms. The molecule has 0 atom stereocenters. The fraction of sp³-hybridized carbons (Fsp3) is 0.292. The minimum atomic E-state index is -0.127. The van der Waals surface area contributed by atoms with E-state index >= 15 is 0 Å². The van der Waals surface area contributed by atoms with Crippen LogP contribution in [0.15, 0.2) is 60.0 Å². The molecular formula is C24H26N4O2S. The summed E-state index contributed by atoms with van der Waals surface area (Å²) in [5, 5.41) is 3.72. The highest BCUT2D eigenvalue weighted by atomic mass is 32.2. The number of carbonyl (C=O) groups is 2. The van der Waals surface area contributed by atoms with Gasteiger partial charge < -0.3 is 10.2 Å². The molecule has 0 unspecified atom stereocenters. The summed E-state index contributed by atoms with van der Waals surface area (Å²) in [6.07, 6.45) is 5.75. The van der Waals surface area contributed by atoms with Gasteiger partial charge in [0.2, 0.25) is 5.91 Å². The predicted octanol–water partition coefficient (Wildman–Crippen LogP) is 4.46. The fourth-order valence-electron chi connectivity index (χ4n) is 3.82. The number of aryl methyl sites for hydroxylation is 1. The van der Waals surface area contributed by atoms with Gasteiger partial charge in [-0.05, 0) is 56.0 Å². The average molecular weight is 435 g/mol. The summed E-state index contributed by atoms with van der Waals surface area (Å²) in [4.78, 5) is 31.7. The molecule has 0 spiro atoms. The van der Waals surface area contributed by atoms with E-state index in [2.05, 4.69) is 23.3 Å². The molecule has 2 heterocycles. The first-order valence-electron chi connectivity index (χ1n) is 10.5. The number of hydrogen-bond acceptors (Lipinski definition) is 4. The number of nitrogens with zero attached hydrogens (tertiary/aromatic N) is 3. The number of aromatic nitrogens is 2. The Balaban J connectivity index is 1.43. The summed E-state index contributed by atoms with van der Waals surface area (Å²) in [5.74, 6) is 0.144. The lowest BCUT2D eigenvalue weighted by Gasteiger charge is -2.18. The van der Waals surface area contributed by atoms with Crippen molar-refractivity contribution in [3.05, 3.63) is 71.5 Å². The summed E-state index contributed by atoms with van der Waals surface area (Å²) < 4.78 is 1.99. The average Bonchev–Trinajstić information content (AvgIpc) is 3.46. The Morgan fingerprint density at radius 1 is 1.06 bits per heavy atom. The van der Waals surface area contributed by atoms with E-state index in [0.29, 0.717) is 11.3 Å². The van der Waals surface area contributed by atoms with Crippen molar-refractivity contribution < 1.29 is 9.59 Å². The molecule has 2 aromatic carbocycles. The van der Waals surface area contributed by atoms with Crippen molar-refractivity contribution in [3.63, 3.8) is 0 Å². The molecule has 0 saturated carbocycles. The number of likely N-dealkylation sites (tertiary alicyclic amines) is 1. The number of hydrogen-bond donors (Lipinski definition) is 1. The Hall–Kier alpha value is -3.06. The molecule has 6 nitrogen and oxygen atoms in total. The van der Waals surface area contributed by atoms with Crippen LogP contribution in [-0.4, -0.2) is 45.1 Å². The zero-order valence-corrected chi connectivity index (χ0v) is 18.6. The number of para-hydroxylation sites is 1. The summed E-state index contributed by atoms with van der Waals surface area (Å²) in [6, 6.07) is 13.6. The van der Waals surface area contributed by atoms with Crippen LogP contribution in [0.25, 0.3) is 5.69 Å². The molecule has 31 heavy (non-hydrogen) atoms. The Bertz CT molecular complexity index is 1100. The maximum Gasteiger partial charge on any atom is 0.254 e. The van der Waals surface area contributed by atoms with E-state index in [9.17, 15) is 9.59 Å². The highest BCUT2D eigenvalue weighted by Crippen LogP contribution is 2.25. The van der Waals surface area contributed by atoms with E-state index in [1.807, 2.05) is 59.0 Å². The lowest BCUT2D eigenvalue weighted by atomic mass is 10.1.